The number of benzene rings is 2. The van der Waals surface area contributed by atoms with Crippen LogP contribution in [0, 0.1) is 17.1 Å². The van der Waals surface area contributed by atoms with Crippen molar-refractivity contribution in [1.82, 2.24) is 0 Å². The van der Waals surface area contributed by atoms with Crippen molar-refractivity contribution in [2.75, 3.05) is 11.1 Å². The van der Waals surface area contributed by atoms with E-state index in [1.807, 2.05) is 6.07 Å². The molecule has 0 atom stereocenters. The first-order valence-corrected chi connectivity index (χ1v) is 7.45. The van der Waals surface area contributed by atoms with Crippen molar-refractivity contribution < 1.29 is 9.18 Å². The molecule has 0 heterocycles. The van der Waals surface area contributed by atoms with Crippen LogP contribution < -0.4 is 5.32 Å². The standard InChI is InChI=1S/C16H13FN2OS/c17-15-4-2-1-3-13(15)10-21-11-16(20)19-14-7-5-12(9-18)6-8-14/h1-8H,10-11H2,(H,19,20). The minimum Gasteiger partial charge on any atom is -0.325 e. The van der Waals surface area contributed by atoms with Gasteiger partial charge in [0.25, 0.3) is 0 Å². The van der Waals surface area contributed by atoms with Gasteiger partial charge in [-0.1, -0.05) is 18.2 Å². The van der Waals surface area contributed by atoms with Crippen molar-refractivity contribution >= 4 is 23.4 Å². The van der Waals surface area contributed by atoms with Gasteiger partial charge in [-0.2, -0.15) is 5.26 Å². The van der Waals surface area contributed by atoms with E-state index in [4.69, 9.17) is 5.26 Å². The zero-order valence-corrected chi connectivity index (χ0v) is 12.0. The Hall–Kier alpha value is -2.32. The van der Waals surface area contributed by atoms with Crippen LogP contribution in [0.25, 0.3) is 0 Å². The number of halogens is 1. The van der Waals surface area contributed by atoms with E-state index < -0.39 is 0 Å². The van der Waals surface area contributed by atoms with Gasteiger partial charge in [-0.15, -0.1) is 11.8 Å². The molecule has 0 aliphatic carbocycles. The second-order valence-corrected chi connectivity index (χ2v) is 5.31. The number of anilines is 1. The van der Waals surface area contributed by atoms with Crippen LogP contribution in [0.5, 0.6) is 0 Å². The Morgan fingerprint density at radius 1 is 1.19 bits per heavy atom. The monoisotopic (exact) mass is 300 g/mol. The summed E-state index contributed by atoms with van der Waals surface area (Å²) in [6, 6.07) is 15.2. The quantitative estimate of drug-likeness (QED) is 0.918. The van der Waals surface area contributed by atoms with Gasteiger partial charge in [-0.05, 0) is 35.9 Å². The molecular weight excluding hydrogens is 287 g/mol. The van der Waals surface area contributed by atoms with Gasteiger partial charge in [-0.3, -0.25) is 4.79 Å². The van der Waals surface area contributed by atoms with Crippen LogP contribution in [0.15, 0.2) is 48.5 Å². The molecule has 3 nitrogen and oxygen atoms in total. The van der Waals surface area contributed by atoms with Crippen molar-refractivity contribution in [3.63, 3.8) is 0 Å². The van der Waals surface area contributed by atoms with E-state index in [1.165, 1.54) is 17.8 Å². The summed E-state index contributed by atoms with van der Waals surface area (Å²) in [5.41, 5.74) is 1.78. The number of nitrogens with one attached hydrogen (secondary N) is 1. The molecule has 0 bridgehead atoms. The molecule has 2 aromatic rings. The lowest BCUT2D eigenvalue weighted by molar-refractivity contribution is -0.113. The van der Waals surface area contributed by atoms with Gasteiger partial charge >= 0.3 is 0 Å². The maximum Gasteiger partial charge on any atom is 0.234 e. The van der Waals surface area contributed by atoms with Gasteiger partial charge in [0.15, 0.2) is 0 Å². The minimum atomic E-state index is -0.252. The number of nitrogens with zero attached hydrogens (tertiary/aromatic N) is 1. The second kappa shape index (κ2) is 7.46. The first-order valence-electron chi connectivity index (χ1n) is 6.30. The van der Waals surface area contributed by atoms with Gasteiger partial charge in [0.05, 0.1) is 17.4 Å². The molecule has 0 unspecified atom stereocenters. The highest BCUT2D eigenvalue weighted by Gasteiger charge is 2.05. The lowest BCUT2D eigenvalue weighted by atomic mass is 10.2. The van der Waals surface area contributed by atoms with Crippen molar-refractivity contribution in [2.24, 2.45) is 0 Å². The van der Waals surface area contributed by atoms with Gasteiger partial charge in [0.2, 0.25) is 5.91 Å². The van der Waals surface area contributed by atoms with Gasteiger partial charge < -0.3 is 5.32 Å². The molecular formula is C16H13FN2OS. The summed E-state index contributed by atoms with van der Waals surface area (Å²) < 4.78 is 13.4. The average molecular weight is 300 g/mol. The van der Waals surface area contributed by atoms with Crippen LogP contribution in [-0.2, 0) is 10.5 Å². The van der Waals surface area contributed by atoms with Crippen LogP contribution in [0.4, 0.5) is 10.1 Å². The molecule has 0 saturated heterocycles. The Morgan fingerprint density at radius 2 is 1.90 bits per heavy atom. The highest BCUT2D eigenvalue weighted by molar-refractivity contribution is 7.99. The lowest BCUT2D eigenvalue weighted by Gasteiger charge is -2.06. The second-order valence-electron chi connectivity index (χ2n) is 4.32. The van der Waals surface area contributed by atoms with E-state index in [2.05, 4.69) is 5.32 Å². The van der Waals surface area contributed by atoms with Crippen LogP contribution in [0.3, 0.4) is 0 Å². The summed E-state index contributed by atoms with van der Waals surface area (Å²) in [7, 11) is 0. The number of hydrogen-bond acceptors (Lipinski definition) is 3. The first-order chi connectivity index (χ1) is 10.2. The molecule has 106 valence electrons. The number of carbonyl (C=O) groups is 1. The number of nitriles is 1. The molecule has 0 fully saturated rings. The molecule has 1 N–H and O–H groups in total. The molecule has 21 heavy (non-hydrogen) atoms. The summed E-state index contributed by atoms with van der Waals surface area (Å²) in [6.07, 6.45) is 0. The van der Waals surface area contributed by atoms with Crippen LogP contribution >= 0.6 is 11.8 Å². The molecule has 0 radical (unpaired) electrons. The topological polar surface area (TPSA) is 52.9 Å². The number of thioether (sulfide) groups is 1. The van der Waals surface area contributed by atoms with Crippen molar-refractivity contribution in [1.29, 1.82) is 5.26 Å². The largest absolute Gasteiger partial charge is 0.325 e. The normalized spacial score (nSPS) is 9.90. The Kier molecular flexibility index (Phi) is 5.35. The molecule has 5 heteroatoms. The molecule has 2 rings (SSSR count). The van der Waals surface area contributed by atoms with E-state index in [1.54, 1.807) is 42.5 Å². The minimum absolute atomic E-state index is 0.152. The third-order valence-corrected chi connectivity index (χ3v) is 3.73. The van der Waals surface area contributed by atoms with Crippen molar-refractivity contribution in [3.8, 4) is 6.07 Å². The number of carbonyl (C=O) groups excluding carboxylic acids is 1. The zero-order valence-electron chi connectivity index (χ0n) is 11.2. The highest BCUT2D eigenvalue weighted by atomic mass is 32.2. The maximum atomic E-state index is 13.4. The molecule has 0 saturated carbocycles. The fourth-order valence-electron chi connectivity index (χ4n) is 1.69. The Labute approximate surface area is 126 Å². The number of amides is 1. The van der Waals surface area contributed by atoms with Crippen LogP contribution in [0.1, 0.15) is 11.1 Å². The van der Waals surface area contributed by atoms with Gasteiger partial charge in [0.1, 0.15) is 5.82 Å². The molecule has 0 aromatic heterocycles. The summed E-state index contributed by atoms with van der Waals surface area (Å²) in [5.74, 6) is 0.292. The third kappa shape index (κ3) is 4.62. The third-order valence-electron chi connectivity index (χ3n) is 2.75. The Balaban J connectivity index is 1.80. The summed E-state index contributed by atoms with van der Waals surface area (Å²) in [4.78, 5) is 11.8. The number of rotatable bonds is 5. The Bertz CT molecular complexity index is 665. The fraction of sp³-hybridized carbons (Fsp3) is 0.125. The molecule has 0 aliphatic rings. The molecule has 1 amide bonds. The van der Waals surface area contributed by atoms with Crippen LogP contribution in [-0.4, -0.2) is 11.7 Å². The molecule has 0 aliphatic heterocycles. The van der Waals surface area contributed by atoms with E-state index in [-0.39, 0.29) is 17.5 Å². The molecule has 2 aromatic carbocycles. The maximum absolute atomic E-state index is 13.4. The van der Waals surface area contributed by atoms with E-state index in [0.29, 0.717) is 22.6 Å². The smallest absolute Gasteiger partial charge is 0.234 e. The van der Waals surface area contributed by atoms with Crippen LogP contribution in [0.2, 0.25) is 0 Å². The summed E-state index contributed by atoms with van der Waals surface area (Å²) in [5, 5.41) is 11.4. The first kappa shape index (κ1) is 15.1. The van der Waals surface area contributed by atoms with Gasteiger partial charge in [0, 0.05) is 11.4 Å². The number of hydrogen-bond donors (Lipinski definition) is 1. The molecule has 0 spiro atoms. The predicted molar refractivity (Wildman–Crippen MR) is 82.3 cm³/mol. The van der Waals surface area contributed by atoms with Crippen molar-refractivity contribution in [3.05, 3.63) is 65.5 Å². The van der Waals surface area contributed by atoms with Crippen molar-refractivity contribution in [2.45, 2.75) is 5.75 Å². The van der Waals surface area contributed by atoms with E-state index >= 15 is 0 Å². The van der Waals surface area contributed by atoms with E-state index in [9.17, 15) is 9.18 Å². The summed E-state index contributed by atoms with van der Waals surface area (Å²) in [6.45, 7) is 0. The lowest BCUT2D eigenvalue weighted by Crippen LogP contribution is -2.14. The average Bonchev–Trinajstić information content (AvgIpc) is 2.50. The SMILES string of the molecule is N#Cc1ccc(NC(=O)CSCc2ccccc2F)cc1. The van der Waals surface area contributed by atoms with E-state index in [0.717, 1.165) is 0 Å². The fourth-order valence-corrected chi connectivity index (χ4v) is 2.51. The van der Waals surface area contributed by atoms with Gasteiger partial charge in [-0.25, -0.2) is 4.39 Å². The summed E-state index contributed by atoms with van der Waals surface area (Å²) >= 11 is 1.35. The highest BCUT2D eigenvalue weighted by Crippen LogP contribution is 2.16. The Morgan fingerprint density at radius 3 is 2.57 bits per heavy atom. The predicted octanol–water partition coefficient (Wildman–Crippen LogP) is 3.57. The zero-order chi connectivity index (χ0) is 15.1.